The molecule has 6 nitrogen and oxygen atoms in total. The van der Waals surface area contributed by atoms with Gasteiger partial charge in [-0.05, 0) is 43.3 Å². The fourth-order valence-corrected chi connectivity index (χ4v) is 3.17. The number of ether oxygens (including phenoxy) is 1. The number of hydrazone groups is 1. The number of nitrogens with one attached hydrogen (secondary N) is 1. The smallest absolute Gasteiger partial charge is 0.387 e. The Labute approximate surface area is 181 Å². The molecule has 32 heavy (non-hydrogen) atoms. The molecule has 1 atom stereocenters. The van der Waals surface area contributed by atoms with Crippen molar-refractivity contribution in [3.8, 4) is 5.75 Å². The van der Waals surface area contributed by atoms with E-state index in [0.717, 1.165) is 5.01 Å². The van der Waals surface area contributed by atoms with Crippen molar-refractivity contribution in [2.24, 2.45) is 16.9 Å². The number of amides is 2. The van der Waals surface area contributed by atoms with Crippen molar-refractivity contribution in [3.63, 3.8) is 0 Å². The normalized spacial score (nSPS) is 16.5. The molecule has 1 aliphatic rings. The first-order valence-corrected chi connectivity index (χ1v) is 9.74. The van der Waals surface area contributed by atoms with Gasteiger partial charge in [-0.15, -0.1) is 0 Å². The molecular weight excluding hydrogens is 430 g/mol. The molecule has 1 heterocycles. The van der Waals surface area contributed by atoms with Crippen molar-refractivity contribution in [2.75, 3.05) is 10.3 Å². The molecule has 0 aromatic heterocycles. The summed E-state index contributed by atoms with van der Waals surface area (Å²) in [7, 11) is 0. The average Bonchev–Trinajstić information content (AvgIpc) is 3.02. The molecule has 0 aliphatic carbocycles. The highest BCUT2D eigenvalue weighted by atomic mass is 19.3. The Hall–Kier alpha value is -3.43. The first-order valence-electron chi connectivity index (χ1n) is 9.74. The highest BCUT2D eigenvalue weighted by Crippen LogP contribution is 2.36. The average molecular weight is 451 g/mol. The third-order valence-electron chi connectivity index (χ3n) is 4.94. The number of carbonyl (C=O) groups excluding carboxylic acids is 2. The molecule has 0 saturated heterocycles. The molecule has 1 N–H and O–H groups in total. The molecule has 2 aromatic rings. The Morgan fingerprint density at radius 1 is 1.16 bits per heavy atom. The van der Waals surface area contributed by atoms with Crippen molar-refractivity contribution in [3.05, 3.63) is 54.1 Å². The van der Waals surface area contributed by atoms with Gasteiger partial charge in [-0.3, -0.25) is 9.59 Å². The molecule has 1 unspecified atom stereocenters. The van der Waals surface area contributed by atoms with Crippen molar-refractivity contribution in [1.29, 1.82) is 0 Å². The number of hydrogen-bond donors (Lipinski definition) is 1. The van der Waals surface area contributed by atoms with E-state index < -0.39 is 36.2 Å². The summed E-state index contributed by atoms with van der Waals surface area (Å²) in [6.07, 6.45) is 0. The lowest BCUT2D eigenvalue weighted by Gasteiger charge is -2.21. The Balaban J connectivity index is 1.75. The largest absolute Gasteiger partial charge is 0.435 e. The third-order valence-corrected chi connectivity index (χ3v) is 4.94. The minimum Gasteiger partial charge on any atom is -0.435 e. The maximum atomic E-state index is 14.3. The number of carbonyl (C=O) groups is 2. The van der Waals surface area contributed by atoms with Gasteiger partial charge in [-0.1, -0.05) is 26.0 Å². The van der Waals surface area contributed by atoms with Crippen LogP contribution in [-0.4, -0.2) is 24.1 Å². The summed E-state index contributed by atoms with van der Waals surface area (Å²) in [5.41, 5.74) is 0.329. The van der Waals surface area contributed by atoms with Crippen molar-refractivity contribution < 1.29 is 31.9 Å². The molecule has 170 valence electrons. The second-order valence-corrected chi connectivity index (χ2v) is 7.54. The van der Waals surface area contributed by atoms with Crippen LogP contribution in [0, 0.1) is 11.8 Å². The number of anilines is 2. The zero-order valence-corrected chi connectivity index (χ0v) is 17.5. The van der Waals surface area contributed by atoms with Gasteiger partial charge in [0.1, 0.15) is 5.75 Å². The predicted molar refractivity (Wildman–Crippen MR) is 111 cm³/mol. The zero-order chi connectivity index (χ0) is 23.6. The number of rotatable bonds is 7. The van der Waals surface area contributed by atoms with Gasteiger partial charge in [0.15, 0.2) is 5.92 Å². The lowest BCUT2D eigenvalue weighted by Crippen LogP contribution is -2.36. The summed E-state index contributed by atoms with van der Waals surface area (Å²) in [4.78, 5) is 25.6. The Morgan fingerprint density at radius 2 is 1.81 bits per heavy atom. The number of halogens is 4. The molecule has 2 aromatic carbocycles. The molecule has 2 amide bonds. The molecule has 0 bridgehead atoms. The van der Waals surface area contributed by atoms with E-state index in [4.69, 9.17) is 0 Å². The van der Waals surface area contributed by atoms with E-state index in [1.807, 2.05) is 0 Å². The maximum Gasteiger partial charge on any atom is 0.387 e. The van der Waals surface area contributed by atoms with E-state index in [1.54, 1.807) is 0 Å². The van der Waals surface area contributed by atoms with Crippen LogP contribution in [0.15, 0.2) is 53.6 Å². The van der Waals surface area contributed by atoms with E-state index in [0.29, 0.717) is 0 Å². The van der Waals surface area contributed by atoms with Gasteiger partial charge in [-0.2, -0.15) is 18.9 Å². The fourth-order valence-electron chi connectivity index (χ4n) is 3.17. The fraction of sp³-hybridized carbons (Fsp3) is 0.318. The van der Waals surface area contributed by atoms with Crippen LogP contribution in [0.5, 0.6) is 5.75 Å². The molecule has 0 radical (unpaired) electrons. The number of nitrogens with zero attached hydrogens (tertiary/aromatic N) is 2. The van der Waals surface area contributed by atoms with E-state index in [-0.39, 0.29) is 28.4 Å². The standard InChI is InChI=1S/C22H21F4N3O3/c1-12(2)22(25,26)14-5-4-6-15(11-14)27-19(30)18-13(3)28-29(20(18)31)16-7-9-17(10-8-16)32-21(23)24/h4-12,18,21H,1-3H3,(H,27,30). The van der Waals surface area contributed by atoms with E-state index in [2.05, 4.69) is 15.2 Å². The van der Waals surface area contributed by atoms with Crippen LogP contribution in [0.3, 0.4) is 0 Å². The van der Waals surface area contributed by atoms with Gasteiger partial charge in [0.2, 0.25) is 5.91 Å². The summed E-state index contributed by atoms with van der Waals surface area (Å²) < 4.78 is 57.5. The molecule has 3 rings (SSSR count). The third kappa shape index (κ3) is 4.74. The van der Waals surface area contributed by atoms with Gasteiger partial charge in [0.05, 0.1) is 11.4 Å². The molecule has 0 fully saturated rings. The van der Waals surface area contributed by atoms with Gasteiger partial charge >= 0.3 is 6.61 Å². The molecule has 1 aliphatic heterocycles. The van der Waals surface area contributed by atoms with Crippen LogP contribution in [0.4, 0.5) is 28.9 Å². The van der Waals surface area contributed by atoms with Crippen LogP contribution in [-0.2, 0) is 15.5 Å². The van der Waals surface area contributed by atoms with E-state index in [1.165, 1.54) is 69.3 Å². The van der Waals surface area contributed by atoms with E-state index >= 15 is 0 Å². The van der Waals surface area contributed by atoms with Gasteiger partial charge in [0, 0.05) is 17.2 Å². The second kappa shape index (κ2) is 8.97. The Bertz CT molecular complexity index is 1040. The summed E-state index contributed by atoms with van der Waals surface area (Å²) in [6, 6.07) is 10.5. The SMILES string of the molecule is CC1=NN(c2ccc(OC(F)F)cc2)C(=O)C1C(=O)Nc1cccc(C(F)(F)C(C)C)c1. The van der Waals surface area contributed by atoms with E-state index in [9.17, 15) is 27.2 Å². The Kier molecular flexibility index (Phi) is 6.52. The highest BCUT2D eigenvalue weighted by molar-refractivity contribution is 6.28. The van der Waals surface area contributed by atoms with Gasteiger partial charge in [0.25, 0.3) is 11.8 Å². The van der Waals surface area contributed by atoms with Crippen LogP contribution >= 0.6 is 0 Å². The first-order chi connectivity index (χ1) is 15.0. The summed E-state index contributed by atoms with van der Waals surface area (Å²) in [5, 5.41) is 7.56. The van der Waals surface area contributed by atoms with Crippen LogP contribution < -0.4 is 15.1 Å². The van der Waals surface area contributed by atoms with Crippen molar-refractivity contribution in [1.82, 2.24) is 0 Å². The first kappa shape index (κ1) is 23.2. The lowest BCUT2D eigenvalue weighted by molar-refractivity contribution is -0.127. The maximum absolute atomic E-state index is 14.3. The van der Waals surface area contributed by atoms with Crippen molar-refractivity contribution in [2.45, 2.75) is 33.3 Å². The highest BCUT2D eigenvalue weighted by Gasteiger charge is 2.40. The summed E-state index contributed by atoms with van der Waals surface area (Å²) >= 11 is 0. The minimum atomic E-state index is -3.09. The lowest BCUT2D eigenvalue weighted by atomic mass is 9.97. The zero-order valence-electron chi connectivity index (χ0n) is 17.5. The topological polar surface area (TPSA) is 71.0 Å². The molecule has 0 saturated carbocycles. The summed E-state index contributed by atoms with van der Waals surface area (Å²) in [5.74, 6) is -6.76. The molecular formula is C22H21F4N3O3. The van der Waals surface area contributed by atoms with Crippen LogP contribution in [0.25, 0.3) is 0 Å². The molecule has 10 heteroatoms. The van der Waals surface area contributed by atoms with Crippen LogP contribution in [0.2, 0.25) is 0 Å². The van der Waals surface area contributed by atoms with Crippen LogP contribution in [0.1, 0.15) is 26.3 Å². The Morgan fingerprint density at radius 3 is 2.41 bits per heavy atom. The van der Waals surface area contributed by atoms with Crippen molar-refractivity contribution >= 4 is 28.9 Å². The number of benzene rings is 2. The monoisotopic (exact) mass is 451 g/mol. The second-order valence-electron chi connectivity index (χ2n) is 7.54. The summed E-state index contributed by atoms with van der Waals surface area (Å²) in [6.45, 7) is 1.29. The quantitative estimate of drug-likeness (QED) is 0.475. The predicted octanol–water partition coefficient (Wildman–Crippen LogP) is 5.01. The minimum absolute atomic E-state index is 0.0940. The van der Waals surface area contributed by atoms with Gasteiger partial charge in [-0.25, -0.2) is 8.78 Å². The molecule has 0 spiro atoms. The van der Waals surface area contributed by atoms with Gasteiger partial charge < -0.3 is 10.1 Å². The number of alkyl halides is 4. The number of hydrogen-bond acceptors (Lipinski definition) is 4.